The van der Waals surface area contributed by atoms with E-state index in [9.17, 15) is 0 Å². The highest BCUT2D eigenvalue weighted by molar-refractivity contribution is 8.31. The fourth-order valence-corrected chi connectivity index (χ4v) is 6.30. The van der Waals surface area contributed by atoms with E-state index >= 15 is 0 Å². The van der Waals surface area contributed by atoms with E-state index in [1.807, 2.05) is 0 Å². The van der Waals surface area contributed by atoms with E-state index in [0.717, 1.165) is 6.61 Å². The van der Waals surface area contributed by atoms with Gasteiger partial charge in [-0.05, 0) is 52.0 Å². The van der Waals surface area contributed by atoms with Crippen molar-refractivity contribution in [2.24, 2.45) is 0 Å². The van der Waals surface area contributed by atoms with E-state index in [1.165, 1.54) is 9.79 Å². The highest BCUT2D eigenvalue weighted by atomic mass is 32.3. The second-order valence-electron chi connectivity index (χ2n) is 5.70. The zero-order valence-corrected chi connectivity index (χ0v) is 13.6. The monoisotopic (exact) mass is 288 g/mol. The lowest BCUT2D eigenvalue weighted by molar-refractivity contribution is 0.367. The van der Waals surface area contributed by atoms with E-state index in [1.54, 1.807) is 0 Å². The Morgan fingerprint density at radius 3 is 1.50 bits per heavy atom. The Bertz CT molecular complexity index is 489. The summed E-state index contributed by atoms with van der Waals surface area (Å²) in [5.74, 6) is 0. The van der Waals surface area contributed by atoms with Gasteiger partial charge in [0.05, 0.1) is 6.61 Å². The highest BCUT2D eigenvalue weighted by Gasteiger charge is 2.40. The second kappa shape index (κ2) is 6.02. The summed E-state index contributed by atoms with van der Waals surface area (Å²) in [5.41, 5.74) is 0. The molecule has 0 radical (unpaired) electrons. The minimum atomic E-state index is -1.52. The summed E-state index contributed by atoms with van der Waals surface area (Å²) in [5, 5.41) is 0. The summed E-state index contributed by atoms with van der Waals surface area (Å²) in [4.78, 5) is 2.58. The minimum absolute atomic E-state index is 0.0334. The number of hydrogen-bond acceptors (Lipinski definition) is 1. The van der Waals surface area contributed by atoms with Gasteiger partial charge in [-0.2, -0.15) is 0 Å². The summed E-state index contributed by atoms with van der Waals surface area (Å²) in [7, 11) is -1.52. The maximum atomic E-state index is 6.45. The van der Waals surface area contributed by atoms with Gasteiger partial charge in [-0.25, -0.2) is 0 Å². The predicted molar refractivity (Wildman–Crippen MR) is 88.4 cm³/mol. The van der Waals surface area contributed by atoms with Crippen molar-refractivity contribution >= 4 is 10.3 Å². The molecule has 0 saturated carbocycles. The summed E-state index contributed by atoms with van der Waals surface area (Å²) in [6, 6.07) is 21.3. The molecule has 0 atom stereocenters. The molecule has 0 aliphatic heterocycles. The molecule has 1 nitrogen and oxygen atoms in total. The van der Waals surface area contributed by atoms with Crippen molar-refractivity contribution < 1.29 is 4.18 Å². The van der Waals surface area contributed by atoms with Gasteiger partial charge in [0.15, 0.2) is 0 Å². The van der Waals surface area contributed by atoms with Crippen molar-refractivity contribution in [1.29, 1.82) is 0 Å². The van der Waals surface area contributed by atoms with E-state index in [2.05, 4.69) is 88.4 Å². The molecule has 108 valence electrons. The normalized spacial score (nSPS) is 13.2. The van der Waals surface area contributed by atoms with Crippen LogP contribution in [-0.2, 0) is 4.18 Å². The molecule has 0 unspecified atom stereocenters. The van der Waals surface area contributed by atoms with E-state index in [-0.39, 0.29) is 4.75 Å². The minimum Gasteiger partial charge on any atom is -0.328 e. The standard InChI is InChI=1S/C18H24OS/c1-5-19-20(18(2,3)4,16-12-8-6-9-13-16)17-14-10-7-11-15-17/h6-15H,5H2,1-4H3. The molecule has 2 aromatic carbocycles. The van der Waals surface area contributed by atoms with Gasteiger partial charge in [-0.1, -0.05) is 46.7 Å². The molecule has 20 heavy (non-hydrogen) atoms. The van der Waals surface area contributed by atoms with Crippen LogP contribution >= 0.6 is 10.3 Å². The first-order chi connectivity index (χ1) is 9.52. The zero-order valence-electron chi connectivity index (χ0n) is 12.8. The molecule has 0 aromatic heterocycles. The fourth-order valence-electron chi connectivity index (χ4n) is 2.56. The van der Waals surface area contributed by atoms with Crippen molar-refractivity contribution in [2.45, 2.75) is 42.2 Å². The molecule has 2 rings (SSSR count). The third-order valence-electron chi connectivity index (χ3n) is 3.31. The molecule has 2 aromatic rings. The van der Waals surface area contributed by atoms with Crippen molar-refractivity contribution in [1.82, 2.24) is 0 Å². The molecule has 0 bridgehead atoms. The van der Waals surface area contributed by atoms with Crippen molar-refractivity contribution in [3.8, 4) is 0 Å². The largest absolute Gasteiger partial charge is 0.328 e. The van der Waals surface area contributed by atoms with E-state index in [0.29, 0.717) is 0 Å². The van der Waals surface area contributed by atoms with E-state index in [4.69, 9.17) is 4.18 Å². The van der Waals surface area contributed by atoms with Gasteiger partial charge in [-0.15, -0.1) is 0 Å². The molecule has 0 heterocycles. The zero-order chi connectivity index (χ0) is 14.6. The molecule has 0 N–H and O–H groups in total. The SMILES string of the molecule is CCOS(c1ccccc1)(c1ccccc1)C(C)(C)C. The van der Waals surface area contributed by atoms with Gasteiger partial charge in [0.25, 0.3) is 0 Å². The van der Waals surface area contributed by atoms with Gasteiger partial charge in [0.1, 0.15) is 0 Å². The summed E-state index contributed by atoms with van der Waals surface area (Å²) in [6.07, 6.45) is 0. The van der Waals surface area contributed by atoms with Crippen LogP contribution in [-0.4, -0.2) is 11.4 Å². The Morgan fingerprint density at radius 1 is 0.800 bits per heavy atom. The van der Waals surface area contributed by atoms with Crippen LogP contribution in [0.15, 0.2) is 70.5 Å². The summed E-state index contributed by atoms with van der Waals surface area (Å²) >= 11 is 0. The average molecular weight is 288 g/mol. The first kappa shape index (κ1) is 15.1. The Morgan fingerprint density at radius 2 is 1.20 bits per heavy atom. The molecule has 0 aliphatic carbocycles. The molecule has 0 amide bonds. The molecular weight excluding hydrogens is 264 g/mol. The van der Waals surface area contributed by atoms with Crippen LogP contribution in [0.5, 0.6) is 0 Å². The van der Waals surface area contributed by atoms with Gasteiger partial charge in [0, 0.05) is 14.5 Å². The molecule has 2 heteroatoms. The van der Waals surface area contributed by atoms with Crippen molar-refractivity contribution in [3.63, 3.8) is 0 Å². The molecule has 0 aliphatic rings. The van der Waals surface area contributed by atoms with Crippen molar-refractivity contribution in [2.75, 3.05) is 6.61 Å². The number of hydrogen-bond donors (Lipinski definition) is 0. The molecular formula is C18H24OS. The molecule has 0 fully saturated rings. The number of rotatable bonds is 4. The van der Waals surface area contributed by atoms with Crippen LogP contribution in [0.25, 0.3) is 0 Å². The smallest absolute Gasteiger partial charge is 0.0572 e. The van der Waals surface area contributed by atoms with Crippen molar-refractivity contribution in [3.05, 3.63) is 60.7 Å². The predicted octanol–water partition coefficient (Wildman–Crippen LogP) is 5.66. The average Bonchev–Trinajstić information content (AvgIpc) is 2.45. The van der Waals surface area contributed by atoms with Gasteiger partial charge < -0.3 is 4.18 Å². The van der Waals surface area contributed by atoms with Crippen LogP contribution < -0.4 is 0 Å². The van der Waals surface area contributed by atoms with Crippen LogP contribution in [0.2, 0.25) is 0 Å². The third-order valence-corrected chi connectivity index (χ3v) is 7.49. The lowest BCUT2D eigenvalue weighted by atomic mass is 10.3. The Labute approximate surface area is 124 Å². The van der Waals surface area contributed by atoms with E-state index < -0.39 is 10.3 Å². The van der Waals surface area contributed by atoms with Gasteiger partial charge in [0.2, 0.25) is 0 Å². The van der Waals surface area contributed by atoms with Crippen LogP contribution in [0.3, 0.4) is 0 Å². The summed E-state index contributed by atoms with van der Waals surface area (Å²) < 4.78 is 6.48. The first-order valence-corrected chi connectivity index (χ1v) is 8.65. The van der Waals surface area contributed by atoms with Crippen LogP contribution in [0.1, 0.15) is 27.7 Å². The number of benzene rings is 2. The lowest BCUT2D eigenvalue weighted by Gasteiger charge is -2.50. The second-order valence-corrected chi connectivity index (χ2v) is 9.22. The quantitative estimate of drug-likeness (QED) is 0.705. The Kier molecular flexibility index (Phi) is 4.56. The van der Waals surface area contributed by atoms with Crippen LogP contribution in [0.4, 0.5) is 0 Å². The summed E-state index contributed by atoms with van der Waals surface area (Å²) in [6.45, 7) is 9.63. The highest BCUT2D eigenvalue weighted by Crippen LogP contribution is 2.71. The maximum Gasteiger partial charge on any atom is 0.0572 e. The first-order valence-electron chi connectivity index (χ1n) is 7.10. The van der Waals surface area contributed by atoms with Gasteiger partial charge in [-0.3, -0.25) is 0 Å². The van der Waals surface area contributed by atoms with Gasteiger partial charge >= 0.3 is 0 Å². The van der Waals surface area contributed by atoms with Crippen LogP contribution in [0, 0.1) is 0 Å². The topological polar surface area (TPSA) is 9.23 Å². The third kappa shape index (κ3) is 2.63. The lowest BCUT2D eigenvalue weighted by Crippen LogP contribution is -2.27. The fraction of sp³-hybridized carbons (Fsp3) is 0.333. The molecule has 0 saturated heterocycles. The maximum absolute atomic E-state index is 6.45. The molecule has 0 spiro atoms. The Hall–Kier alpha value is -1.25. The Balaban J connectivity index is 2.70.